The molecule has 3 aliphatic rings. The lowest BCUT2D eigenvalue weighted by molar-refractivity contribution is 0.136. The summed E-state index contributed by atoms with van der Waals surface area (Å²) in [4.78, 5) is 77.2. The highest BCUT2D eigenvalue weighted by Crippen LogP contribution is 2.22. The monoisotopic (exact) mass is 648 g/mol. The molecular formula is C30H48N8O8. The van der Waals surface area contributed by atoms with Crippen LogP contribution in [0.15, 0.2) is 9.98 Å². The lowest BCUT2D eigenvalue weighted by Crippen LogP contribution is -2.50. The second-order valence-electron chi connectivity index (χ2n) is 12.1. The fraction of sp³-hybridized carbons (Fsp3) is 0.800. The van der Waals surface area contributed by atoms with Crippen molar-refractivity contribution in [1.82, 2.24) is 31.9 Å². The van der Waals surface area contributed by atoms with Gasteiger partial charge in [0.25, 0.3) is 0 Å². The summed E-state index contributed by atoms with van der Waals surface area (Å²) in [7, 11) is 0. The molecule has 0 heterocycles. The molecule has 6 amide bonds. The molecule has 0 aromatic heterocycles. The Balaban J connectivity index is 1.18. The molecule has 0 radical (unpaired) electrons. The molecule has 0 saturated heterocycles. The summed E-state index contributed by atoms with van der Waals surface area (Å²) in [6.45, 7) is 0.967. The zero-order valence-corrected chi connectivity index (χ0v) is 26.4. The summed E-state index contributed by atoms with van der Waals surface area (Å²) in [6, 6.07) is -1.19. The van der Waals surface area contributed by atoms with Gasteiger partial charge in [0.15, 0.2) is 0 Å². The minimum Gasteiger partial charge on any atom is -0.449 e. The molecule has 3 saturated carbocycles. The Morgan fingerprint density at radius 3 is 1.37 bits per heavy atom. The van der Waals surface area contributed by atoms with Crippen LogP contribution in [0.25, 0.3) is 0 Å². The number of amides is 6. The third-order valence-corrected chi connectivity index (χ3v) is 8.43. The van der Waals surface area contributed by atoms with E-state index in [2.05, 4.69) is 41.9 Å². The number of nitrogens with one attached hydrogen (secondary N) is 6. The van der Waals surface area contributed by atoms with Crippen LogP contribution in [-0.2, 0) is 19.1 Å². The predicted molar refractivity (Wildman–Crippen MR) is 166 cm³/mol. The summed E-state index contributed by atoms with van der Waals surface area (Å²) in [5, 5.41) is 17.0. The van der Waals surface area contributed by atoms with Crippen LogP contribution in [0.3, 0.4) is 0 Å². The van der Waals surface area contributed by atoms with Gasteiger partial charge in [0, 0.05) is 37.3 Å². The van der Waals surface area contributed by atoms with E-state index < -0.39 is 12.2 Å². The van der Waals surface area contributed by atoms with E-state index in [4.69, 9.17) is 9.47 Å². The minimum absolute atomic E-state index is 0.0828. The SMILES string of the molecule is O=C=NC1CCCC(NC(=O)OCCCNC(=O)NC2CCCC(NC(=O)NCCCOC(=O)NC3CCCC(N=C=O)C3)C2)C1. The number of hydrogen-bond donors (Lipinski definition) is 6. The number of carbonyl (C=O) groups is 4. The van der Waals surface area contributed by atoms with E-state index in [0.29, 0.717) is 45.2 Å². The van der Waals surface area contributed by atoms with Gasteiger partial charge in [0.05, 0.1) is 25.3 Å². The molecule has 256 valence electrons. The third kappa shape index (κ3) is 14.7. The van der Waals surface area contributed by atoms with E-state index >= 15 is 0 Å². The molecular weight excluding hydrogens is 600 g/mol. The van der Waals surface area contributed by atoms with E-state index in [1.807, 2.05) is 0 Å². The molecule has 3 rings (SSSR count). The van der Waals surface area contributed by atoms with Crippen molar-refractivity contribution >= 4 is 36.4 Å². The maximum atomic E-state index is 12.4. The van der Waals surface area contributed by atoms with Gasteiger partial charge < -0.3 is 41.4 Å². The standard InChI is InChI=1S/C30H48N8O8/c39-19-33-21-6-1-10-25(16-21)37-29(43)45-14-4-12-31-27(41)35-23-8-3-9-24(18-23)36-28(42)32-13-5-15-46-30(44)38-26-11-2-7-22(17-26)34-20-40/h21-26H,1-18H2,(H,37,43)(H,38,44)(H2,31,35,41)(H2,32,36,42). The summed E-state index contributed by atoms with van der Waals surface area (Å²) < 4.78 is 10.4. The van der Waals surface area contributed by atoms with Crippen molar-refractivity contribution < 1.29 is 38.2 Å². The molecule has 16 nitrogen and oxygen atoms in total. The van der Waals surface area contributed by atoms with Crippen LogP contribution >= 0.6 is 0 Å². The van der Waals surface area contributed by atoms with E-state index in [1.54, 1.807) is 12.2 Å². The fourth-order valence-electron chi connectivity index (χ4n) is 6.19. The van der Waals surface area contributed by atoms with Gasteiger partial charge in [0.2, 0.25) is 12.2 Å². The van der Waals surface area contributed by atoms with Crippen molar-refractivity contribution in [2.45, 2.75) is 126 Å². The Labute approximate surface area is 269 Å². The highest BCUT2D eigenvalue weighted by Gasteiger charge is 2.26. The summed E-state index contributed by atoms with van der Waals surface area (Å²) in [6.07, 6.45) is 12.3. The van der Waals surface area contributed by atoms with Crippen LogP contribution < -0.4 is 31.9 Å². The van der Waals surface area contributed by atoms with Crippen LogP contribution in [0, 0.1) is 0 Å². The molecule has 3 fully saturated rings. The van der Waals surface area contributed by atoms with E-state index in [1.165, 1.54) is 0 Å². The lowest BCUT2D eigenvalue weighted by Gasteiger charge is -2.30. The molecule has 0 aromatic carbocycles. The minimum atomic E-state index is -0.525. The van der Waals surface area contributed by atoms with Gasteiger partial charge in [-0.1, -0.05) is 0 Å². The molecule has 6 atom stereocenters. The summed E-state index contributed by atoms with van der Waals surface area (Å²) in [5.41, 5.74) is 0. The molecule has 3 aliphatic carbocycles. The number of isocyanates is 2. The number of carbonyl (C=O) groups excluding carboxylic acids is 6. The quantitative estimate of drug-likeness (QED) is 0.0931. The van der Waals surface area contributed by atoms with Gasteiger partial charge in [-0.15, -0.1) is 0 Å². The number of alkyl carbamates (subject to hydrolysis) is 2. The summed E-state index contributed by atoms with van der Waals surface area (Å²) >= 11 is 0. The Bertz CT molecular complexity index is 1010. The Hall–Kier alpha value is -4.16. The van der Waals surface area contributed by atoms with Gasteiger partial charge >= 0.3 is 24.2 Å². The molecule has 0 aromatic rings. The van der Waals surface area contributed by atoms with Crippen molar-refractivity contribution in [1.29, 1.82) is 0 Å². The highest BCUT2D eigenvalue weighted by atomic mass is 16.6. The summed E-state index contributed by atoms with van der Waals surface area (Å²) in [5.74, 6) is 0. The van der Waals surface area contributed by atoms with Gasteiger partial charge in [-0.2, -0.15) is 0 Å². The number of aliphatic imine (C=N–C) groups is 2. The van der Waals surface area contributed by atoms with Crippen LogP contribution in [0.1, 0.15) is 89.9 Å². The topological polar surface area (TPSA) is 218 Å². The second-order valence-corrected chi connectivity index (χ2v) is 12.1. The van der Waals surface area contributed by atoms with Crippen LogP contribution in [-0.4, -0.2) is 99.0 Å². The molecule has 0 spiro atoms. The first-order chi connectivity index (χ1) is 22.3. The lowest BCUT2D eigenvalue weighted by atomic mass is 9.91. The van der Waals surface area contributed by atoms with Crippen molar-refractivity contribution in [3.63, 3.8) is 0 Å². The fourth-order valence-corrected chi connectivity index (χ4v) is 6.19. The maximum Gasteiger partial charge on any atom is 0.407 e. The van der Waals surface area contributed by atoms with E-state index in [9.17, 15) is 28.8 Å². The highest BCUT2D eigenvalue weighted by molar-refractivity contribution is 5.75. The Morgan fingerprint density at radius 1 is 0.565 bits per heavy atom. The van der Waals surface area contributed by atoms with Crippen LogP contribution in [0.5, 0.6) is 0 Å². The Kier molecular flexibility index (Phi) is 16.4. The first-order valence-corrected chi connectivity index (χ1v) is 16.4. The van der Waals surface area contributed by atoms with Gasteiger partial charge in [-0.05, 0) is 89.9 Å². The predicted octanol–water partition coefficient (Wildman–Crippen LogP) is 2.42. The van der Waals surface area contributed by atoms with Gasteiger partial charge in [-0.3, -0.25) is 0 Å². The van der Waals surface area contributed by atoms with Crippen molar-refractivity contribution in [3.05, 3.63) is 0 Å². The smallest absolute Gasteiger partial charge is 0.407 e. The zero-order valence-electron chi connectivity index (χ0n) is 26.4. The average Bonchev–Trinajstić information content (AvgIpc) is 3.01. The molecule has 46 heavy (non-hydrogen) atoms. The molecule has 0 bridgehead atoms. The van der Waals surface area contributed by atoms with Crippen LogP contribution in [0.2, 0.25) is 0 Å². The Morgan fingerprint density at radius 2 is 0.957 bits per heavy atom. The van der Waals surface area contributed by atoms with Crippen LogP contribution in [0.4, 0.5) is 19.2 Å². The van der Waals surface area contributed by atoms with Crippen molar-refractivity contribution in [2.75, 3.05) is 26.3 Å². The average molecular weight is 649 g/mol. The number of ether oxygens (including phenoxy) is 2. The number of hydrogen-bond acceptors (Lipinski definition) is 10. The molecule has 6 N–H and O–H groups in total. The first kappa shape index (κ1) is 36.3. The largest absolute Gasteiger partial charge is 0.449 e. The molecule has 6 unspecified atom stereocenters. The second kappa shape index (κ2) is 20.8. The third-order valence-electron chi connectivity index (χ3n) is 8.43. The van der Waals surface area contributed by atoms with E-state index in [-0.39, 0.29) is 61.5 Å². The maximum absolute atomic E-state index is 12.4. The van der Waals surface area contributed by atoms with Crippen molar-refractivity contribution in [2.24, 2.45) is 9.98 Å². The first-order valence-electron chi connectivity index (χ1n) is 16.4. The number of nitrogens with zero attached hydrogens (tertiary/aromatic N) is 2. The van der Waals surface area contributed by atoms with Gasteiger partial charge in [-0.25, -0.2) is 38.8 Å². The van der Waals surface area contributed by atoms with E-state index in [0.717, 1.165) is 57.8 Å². The van der Waals surface area contributed by atoms with Crippen molar-refractivity contribution in [3.8, 4) is 0 Å². The number of urea groups is 2. The van der Waals surface area contributed by atoms with Gasteiger partial charge in [0.1, 0.15) is 0 Å². The zero-order chi connectivity index (χ0) is 33.0. The number of rotatable bonds is 14. The molecule has 0 aliphatic heterocycles. The molecule has 16 heteroatoms. The normalized spacial score (nSPS) is 25.7.